The molecule has 0 fully saturated rings. The van der Waals surface area contributed by atoms with Crippen LogP contribution in [0.2, 0.25) is 5.02 Å². The lowest BCUT2D eigenvalue weighted by Crippen LogP contribution is -1.96. The van der Waals surface area contributed by atoms with E-state index in [0.29, 0.717) is 16.7 Å². The monoisotopic (exact) mass is 270 g/mol. The Kier molecular flexibility index (Phi) is 4.57. The second-order valence-electron chi connectivity index (χ2n) is 2.42. The van der Waals surface area contributed by atoms with E-state index in [2.05, 4.69) is 0 Å². The van der Waals surface area contributed by atoms with E-state index in [1.165, 1.54) is 12.1 Å². The van der Waals surface area contributed by atoms with Crippen molar-refractivity contribution in [3.63, 3.8) is 0 Å². The summed E-state index contributed by atoms with van der Waals surface area (Å²) in [7, 11) is -2.43. The molecule has 0 unspecified atom stereocenters. The van der Waals surface area contributed by atoms with Crippen LogP contribution in [0.1, 0.15) is 0 Å². The highest BCUT2D eigenvalue weighted by Crippen LogP contribution is 2.24. The molecule has 6 heteroatoms. The molecule has 0 aliphatic heterocycles. The summed E-state index contributed by atoms with van der Waals surface area (Å²) in [6.45, 7) is 0. The molecule has 0 radical (unpaired) electrons. The summed E-state index contributed by atoms with van der Waals surface area (Å²) in [6, 6.07) is 6.07. The Morgan fingerprint density at radius 1 is 1.21 bits per heavy atom. The van der Waals surface area contributed by atoms with Gasteiger partial charge in [0.1, 0.15) is 0 Å². The standard InChI is InChI=1S/C8H8Cl2O2S2/c9-5-6-13-14(11,12)8-3-1-7(10)2-4-8/h1-4H,5-6H2. The topological polar surface area (TPSA) is 34.1 Å². The van der Waals surface area contributed by atoms with Crippen LogP contribution in [-0.4, -0.2) is 20.1 Å². The Bertz CT molecular complexity index is 386. The van der Waals surface area contributed by atoms with Crippen molar-refractivity contribution in [1.29, 1.82) is 0 Å². The minimum atomic E-state index is -3.27. The van der Waals surface area contributed by atoms with Crippen LogP contribution in [-0.2, 0) is 8.87 Å². The molecule has 0 heterocycles. The van der Waals surface area contributed by atoms with Crippen LogP contribution >= 0.6 is 34.0 Å². The first-order valence-corrected chi connectivity index (χ1v) is 7.67. The van der Waals surface area contributed by atoms with E-state index in [0.717, 1.165) is 10.8 Å². The Labute approximate surface area is 96.9 Å². The molecule has 1 aromatic carbocycles. The van der Waals surface area contributed by atoms with Crippen LogP contribution < -0.4 is 0 Å². The van der Waals surface area contributed by atoms with E-state index in [4.69, 9.17) is 23.2 Å². The number of alkyl halides is 1. The van der Waals surface area contributed by atoms with Crippen molar-refractivity contribution < 1.29 is 8.42 Å². The van der Waals surface area contributed by atoms with Crippen molar-refractivity contribution in [2.45, 2.75) is 4.90 Å². The predicted molar refractivity (Wildman–Crippen MR) is 61.8 cm³/mol. The van der Waals surface area contributed by atoms with E-state index in [1.54, 1.807) is 12.1 Å². The molecule has 0 aliphatic carbocycles. The maximum absolute atomic E-state index is 11.6. The maximum Gasteiger partial charge on any atom is 0.230 e. The largest absolute Gasteiger partial charge is 0.230 e. The quantitative estimate of drug-likeness (QED) is 0.623. The Morgan fingerprint density at radius 3 is 2.29 bits per heavy atom. The van der Waals surface area contributed by atoms with Crippen molar-refractivity contribution in [3.05, 3.63) is 29.3 Å². The third-order valence-corrected chi connectivity index (χ3v) is 5.62. The van der Waals surface area contributed by atoms with Gasteiger partial charge in [0.15, 0.2) is 0 Å². The summed E-state index contributed by atoms with van der Waals surface area (Å²) < 4.78 is 23.1. The molecule has 0 saturated carbocycles. The molecule has 1 aromatic rings. The predicted octanol–water partition coefficient (Wildman–Crippen LogP) is 3.00. The number of rotatable bonds is 4. The van der Waals surface area contributed by atoms with Gasteiger partial charge in [-0.3, -0.25) is 0 Å². The van der Waals surface area contributed by atoms with E-state index < -0.39 is 8.87 Å². The summed E-state index contributed by atoms with van der Waals surface area (Å²) in [6.07, 6.45) is 0. The fraction of sp³-hybridized carbons (Fsp3) is 0.250. The number of benzene rings is 1. The molecule has 0 saturated heterocycles. The number of hydrogen-bond donors (Lipinski definition) is 0. The molecule has 0 amide bonds. The molecule has 1 rings (SSSR count). The van der Waals surface area contributed by atoms with Crippen molar-refractivity contribution in [2.24, 2.45) is 0 Å². The molecule has 0 aromatic heterocycles. The Balaban J connectivity index is 2.87. The lowest BCUT2D eigenvalue weighted by atomic mass is 10.4. The molecule has 0 aliphatic rings. The lowest BCUT2D eigenvalue weighted by molar-refractivity contribution is 0.610. The van der Waals surface area contributed by atoms with Crippen LogP contribution in [0.3, 0.4) is 0 Å². The second-order valence-corrected chi connectivity index (χ2v) is 7.28. The van der Waals surface area contributed by atoms with Crippen molar-refractivity contribution in [1.82, 2.24) is 0 Å². The van der Waals surface area contributed by atoms with Crippen molar-refractivity contribution in [2.75, 3.05) is 11.6 Å². The Morgan fingerprint density at radius 2 is 1.79 bits per heavy atom. The van der Waals surface area contributed by atoms with Gasteiger partial charge >= 0.3 is 0 Å². The number of hydrogen-bond acceptors (Lipinski definition) is 3. The normalized spacial score (nSPS) is 11.6. The average Bonchev–Trinajstić information content (AvgIpc) is 2.16. The van der Waals surface area contributed by atoms with Gasteiger partial charge in [0.2, 0.25) is 8.87 Å². The fourth-order valence-corrected chi connectivity index (χ4v) is 3.98. The minimum absolute atomic E-state index is 0.261. The van der Waals surface area contributed by atoms with Gasteiger partial charge in [0.05, 0.1) is 4.90 Å². The molecule has 0 atom stereocenters. The average molecular weight is 271 g/mol. The van der Waals surface area contributed by atoms with Crippen LogP contribution in [0, 0.1) is 0 Å². The molecule has 0 N–H and O–H groups in total. The van der Waals surface area contributed by atoms with Crippen molar-refractivity contribution in [3.8, 4) is 0 Å². The summed E-state index contributed by atoms with van der Waals surface area (Å²) in [4.78, 5) is 0.261. The smallest absolute Gasteiger partial charge is 0.212 e. The van der Waals surface area contributed by atoms with Crippen LogP contribution in [0.25, 0.3) is 0 Å². The lowest BCUT2D eigenvalue weighted by Gasteiger charge is -2.01. The molecule has 78 valence electrons. The SMILES string of the molecule is O=S(=O)(SCCCl)c1ccc(Cl)cc1. The van der Waals surface area contributed by atoms with Gasteiger partial charge in [-0.25, -0.2) is 8.42 Å². The maximum atomic E-state index is 11.6. The summed E-state index contributed by atoms with van der Waals surface area (Å²) >= 11 is 11.1. The van der Waals surface area contributed by atoms with Crippen LogP contribution in [0.15, 0.2) is 29.2 Å². The zero-order chi connectivity index (χ0) is 10.6. The van der Waals surface area contributed by atoms with E-state index in [1.807, 2.05) is 0 Å². The Hall–Kier alpha value is 0.1000. The molecule has 2 nitrogen and oxygen atoms in total. The molecular weight excluding hydrogens is 263 g/mol. The van der Waals surface area contributed by atoms with Crippen LogP contribution in [0.5, 0.6) is 0 Å². The molecule has 0 spiro atoms. The molecule has 14 heavy (non-hydrogen) atoms. The van der Waals surface area contributed by atoms with Gasteiger partial charge in [0, 0.05) is 16.7 Å². The van der Waals surface area contributed by atoms with Crippen LogP contribution in [0.4, 0.5) is 0 Å². The van der Waals surface area contributed by atoms with Gasteiger partial charge in [-0.15, -0.1) is 11.6 Å². The van der Waals surface area contributed by atoms with Gasteiger partial charge in [-0.1, -0.05) is 11.6 Å². The van der Waals surface area contributed by atoms with Crippen molar-refractivity contribution >= 4 is 42.9 Å². The van der Waals surface area contributed by atoms with E-state index in [-0.39, 0.29) is 4.90 Å². The van der Waals surface area contributed by atoms with Gasteiger partial charge in [-0.2, -0.15) is 0 Å². The zero-order valence-corrected chi connectivity index (χ0v) is 10.3. The third-order valence-electron chi connectivity index (χ3n) is 1.42. The number of halogens is 2. The van der Waals surface area contributed by atoms with E-state index >= 15 is 0 Å². The highest BCUT2D eigenvalue weighted by molar-refractivity contribution is 8.72. The summed E-state index contributed by atoms with van der Waals surface area (Å²) in [5.41, 5.74) is 0. The molecular formula is C8H8Cl2O2S2. The fourth-order valence-electron chi connectivity index (χ4n) is 0.811. The highest BCUT2D eigenvalue weighted by Gasteiger charge is 2.13. The minimum Gasteiger partial charge on any atom is -0.212 e. The van der Waals surface area contributed by atoms with E-state index in [9.17, 15) is 8.42 Å². The van der Waals surface area contributed by atoms with Gasteiger partial charge in [0.25, 0.3) is 0 Å². The zero-order valence-electron chi connectivity index (χ0n) is 7.11. The summed E-state index contributed by atoms with van der Waals surface area (Å²) in [5, 5.41) is 0.520. The third kappa shape index (κ3) is 3.35. The summed E-state index contributed by atoms with van der Waals surface area (Å²) in [5.74, 6) is 0.698. The molecule has 0 bridgehead atoms. The first-order chi connectivity index (χ1) is 6.56. The second kappa shape index (κ2) is 5.26. The van der Waals surface area contributed by atoms with Gasteiger partial charge in [-0.05, 0) is 35.1 Å². The first kappa shape index (κ1) is 12.2. The van der Waals surface area contributed by atoms with Gasteiger partial charge < -0.3 is 0 Å². The highest BCUT2D eigenvalue weighted by atomic mass is 35.5. The first-order valence-electron chi connectivity index (χ1n) is 3.77.